The van der Waals surface area contributed by atoms with Gasteiger partial charge in [-0.05, 0) is 45.2 Å². The van der Waals surface area contributed by atoms with E-state index in [1.54, 1.807) is 39.1 Å². The summed E-state index contributed by atoms with van der Waals surface area (Å²) in [7, 11) is 0. The van der Waals surface area contributed by atoms with Crippen molar-refractivity contribution < 1.29 is 14.6 Å². The molecule has 5 heteroatoms. The van der Waals surface area contributed by atoms with Crippen LogP contribution in [0, 0.1) is 5.92 Å². The maximum atomic E-state index is 11.9. The first-order chi connectivity index (χ1) is 9.69. The third-order valence-corrected chi connectivity index (χ3v) is 2.80. The quantitative estimate of drug-likeness (QED) is 0.875. The molecular weight excluding hydrogens is 268 g/mol. The molecule has 0 spiro atoms. The van der Waals surface area contributed by atoms with E-state index in [0.717, 1.165) is 0 Å². The minimum absolute atomic E-state index is 0.322. The van der Waals surface area contributed by atoms with Crippen LogP contribution in [0.2, 0.25) is 0 Å². The highest BCUT2D eigenvalue weighted by atomic mass is 16.6. The van der Waals surface area contributed by atoms with Crippen LogP contribution in [0.1, 0.15) is 52.8 Å². The van der Waals surface area contributed by atoms with E-state index in [9.17, 15) is 9.90 Å². The molecule has 1 aromatic rings. The molecule has 21 heavy (non-hydrogen) atoms. The minimum Gasteiger partial charge on any atom is -0.444 e. The summed E-state index contributed by atoms with van der Waals surface area (Å²) in [5.41, 5.74) is -0.0261. The van der Waals surface area contributed by atoms with Gasteiger partial charge in [-0.2, -0.15) is 0 Å². The Hall–Kier alpha value is -1.62. The second-order valence-corrected chi connectivity index (χ2v) is 6.58. The number of alkyl carbamates (subject to hydrolysis) is 1. The molecule has 2 atom stereocenters. The second-order valence-electron chi connectivity index (χ2n) is 6.58. The highest BCUT2D eigenvalue weighted by molar-refractivity contribution is 5.68. The van der Waals surface area contributed by atoms with Gasteiger partial charge in [-0.3, -0.25) is 4.98 Å². The Morgan fingerprint density at radius 1 is 1.38 bits per heavy atom. The molecule has 1 heterocycles. The SMILES string of the molecule is CC(C)CC(NC(=O)OC(C)(C)C)[C@@H](O)c1ccccn1. The van der Waals surface area contributed by atoms with E-state index in [1.807, 2.05) is 19.9 Å². The standard InChI is InChI=1S/C16H26N2O3/c1-11(2)10-13(18-15(20)21-16(3,4)5)14(19)12-8-6-7-9-17-12/h6-9,11,13-14,19H,10H2,1-5H3,(H,18,20)/t13?,14-/m0/s1. The van der Waals surface area contributed by atoms with Gasteiger partial charge in [0.25, 0.3) is 0 Å². The van der Waals surface area contributed by atoms with E-state index in [-0.39, 0.29) is 0 Å². The summed E-state index contributed by atoms with van der Waals surface area (Å²) in [6.07, 6.45) is 0.874. The average molecular weight is 294 g/mol. The first-order valence-corrected chi connectivity index (χ1v) is 7.27. The maximum Gasteiger partial charge on any atom is 0.407 e. The zero-order valence-electron chi connectivity index (χ0n) is 13.5. The molecule has 1 amide bonds. The molecule has 0 aliphatic carbocycles. The number of nitrogens with one attached hydrogen (secondary N) is 1. The van der Waals surface area contributed by atoms with Crippen molar-refractivity contribution >= 4 is 6.09 Å². The number of aromatic nitrogens is 1. The summed E-state index contributed by atoms with van der Waals surface area (Å²) in [5.74, 6) is 0.322. The number of amides is 1. The first-order valence-electron chi connectivity index (χ1n) is 7.27. The number of aliphatic hydroxyl groups excluding tert-OH is 1. The number of rotatable bonds is 5. The van der Waals surface area contributed by atoms with Gasteiger partial charge in [0.1, 0.15) is 11.7 Å². The summed E-state index contributed by atoms with van der Waals surface area (Å²) >= 11 is 0. The smallest absolute Gasteiger partial charge is 0.407 e. The number of carbonyl (C=O) groups excluding carboxylic acids is 1. The zero-order valence-corrected chi connectivity index (χ0v) is 13.5. The van der Waals surface area contributed by atoms with Gasteiger partial charge in [0, 0.05) is 6.20 Å². The average Bonchev–Trinajstić information content (AvgIpc) is 2.35. The normalized spacial score (nSPS) is 14.6. The molecule has 0 radical (unpaired) electrons. The van der Waals surface area contributed by atoms with Gasteiger partial charge >= 0.3 is 6.09 Å². The van der Waals surface area contributed by atoms with Crippen LogP contribution in [0.25, 0.3) is 0 Å². The highest BCUT2D eigenvalue weighted by Gasteiger charge is 2.27. The Balaban J connectivity index is 2.78. The van der Waals surface area contributed by atoms with Gasteiger partial charge in [0.05, 0.1) is 11.7 Å². The lowest BCUT2D eigenvalue weighted by atomic mass is 9.97. The Kier molecular flexibility index (Phi) is 6.15. The number of aliphatic hydroxyl groups is 1. The Labute approximate surface area is 126 Å². The fourth-order valence-electron chi connectivity index (χ4n) is 1.99. The molecule has 2 N–H and O–H groups in total. The lowest BCUT2D eigenvalue weighted by molar-refractivity contribution is 0.0397. The van der Waals surface area contributed by atoms with Crippen molar-refractivity contribution in [2.24, 2.45) is 5.92 Å². The lowest BCUT2D eigenvalue weighted by Gasteiger charge is -2.27. The number of carbonyl (C=O) groups is 1. The van der Waals surface area contributed by atoms with E-state index in [2.05, 4.69) is 10.3 Å². The molecule has 1 aromatic heterocycles. The van der Waals surface area contributed by atoms with Gasteiger partial charge in [0.2, 0.25) is 0 Å². The van der Waals surface area contributed by atoms with Gasteiger partial charge in [-0.1, -0.05) is 19.9 Å². The summed E-state index contributed by atoms with van der Waals surface area (Å²) in [6.45, 7) is 9.49. The van der Waals surface area contributed by atoms with Crippen molar-refractivity contribution in [2.45, 2.75) is 58.8 Å². The maximum absolute atomic E-state index is 11.9. The Morgan fingerprint density at radius 2 is 2.05 bits per heavy atom. The predicted molar refractivity (Wildman–Crippen MR) is 81.8 cm³/mol. The summed E-state index contributed by atoms with van der Waals surface area (Å²) < 4.78 is 5.25. The van der Waals surface area contributed by atoms with Crippen molar-refractivity contribution in [1.29, 1.82) is 0 Å². The first kappa shape index (κ1) is 17.4. The fraction of sp³-hybridized carbons (Fsp3) is 0.625. The van der Waals surface area contributed by atoms with Crippen LogP contribution in [-0.2, 0) is 4.74 Å². The third kappa shape index (κ3) is 6.58. The summed E-state index contributed by atoms with van der Waals surface area (Å²) in [5, 5.41) is 13.2. The molecule has 0 aromatic carbocycles. The highest BCUT2D eigenvalue weighted by Crippen LogP contribution is 2.20. The molecule has 0 saturated carbocycles. The van der Waals surface area contributed by atoms with Crippen LogP contribution in [0.5, 0.6) is 0 Å². The lowest BCUT2D eigenvalue weighted by Crippen LogP contribution is -2.43. The Morgan fingerprint density at radius 3 is 2.52 bits per heavy atom. The van der Waals surface area contributed by atoms with E-state index >= 15 is 0 Å². The molecule has 1 unspecified atom stereocenters. The van der Waals surface area contributed by atoms with Gasteiger partial charge in [0.15, 0.2) is 0 Å². The molecule has 0 bridgehead atoms. The number of pyridine rings is 1. The molecular formula is C16H26N2O3. The second kappa shape index (κ2) is 7.41. The largest absolute Gasteiger partial charge is 0.444 e. The predicted octanol–water partition coefficient (Wildman–Crippen LogP) is 3.05. The van der Waals surface area contributed by atoms with Crippen LogP contribution in [0.3, 0.4) is 0 Å². The zero-order chi connectivity index (χ0) is 16.0. The van der Waals surface area contributed by atoms with E-state index < -0.39 is 23.8 Å². The molecule has 0 aliphatic heterocycles. The minimum atomic E-state index is -0.860. The van der Waals surface area contributed by atoms with Crippen LogP contribution in [0.15, 0.2) is 24.4 Å². The van der Waals surface area contributed by atoms with E-state index in [0.29, 0.717) is 18.0 Å². The molecule has 0 aliphatic rings. The van der Waals surface area contributed by atoms with Crippen LogP contribution < -0.4 is 5.32 Å². The van der Waals surface area contributed by atoms with Crippen molar-refractivity contribution in [2.75, 3.05) is 0 Å². The number of nitrogens with zero attached hydrogens (tertiary/aromatic N) is 1. The molecule has 0 saturated heterocycles. The number of hydrogen-bond donors (Lipinski definition) is 2. The number of ether oxygens (including phenoxy) is 1. The third-order valence-electron chi connectivity index (χ3n) is 2.80. The molecule has 0 fully saturated rings. The van der Waals surface area contributed by atoms with Crippen LogP contribution in [-0.4, -0.2) is 27.8 Å². The van der Waals surface area contributed by atoms with Crippen molar-refractivity contribution in [1.82, 2.24) is 10.3 Å². The molecule has 118 valence electrons. The van der Waals surface area contributed by atoms with E-state index in [1.165, 1.54) is 0 Å². The van der Waals surface area contributed by atoms with Crippen LogP contribution >= 0.6 is 0 Å². The van der Waals surface area contributed by atoms with Crippen molar-refractivity contribution in [3.63, 3.8) is 0 Å². The Bertz CT molecular complexity index is 441. The molecule has 5 nitrogen and oxygen atoms in total. The summed E-state index contributed by atoms with van der Waals surface area (Å²) in [6, 6.07) is 4.91. The number of hydrogen-bond acceptors (Lipinski definition) is 4. The van der Waals surface area contributed by atoms with Crippen LogP contribution in [0.4, 0.5) is 4.79 Å². The monoisotopic (exact) mass is 294 g/mol. The van der Waals surface area contributed by atoms with Gasteiger partial charge in [-0.25, -0.2) is 4.79 Å². The van der Waals surface area contributed by atoms with Crippen molar-refractivity contribution in [3.05, 3.63) is 30.1 Å². The van der Waals surface area contributed by atoms with Crippen molar-refractivity contribution in [3.8, 4) is 0 Å². The molecule has 1 rings (SSSR count). The van der Waals surface area contributed by atoms with Gasteiger partial charge < -0.3 is 15.2 Å². The fourth-order valence-corrected chi connectivity index (χ4v) is 1.99. The topological polar surface area (TPSA) is 71.5 Å². The van der Waals surface area contributed by atoms with Gasteiger partial charge in [-0.15, -0.1) is 0 Å². The summed E-state index contributed by atoms with van der Waals surface area (Å²) in [4.78, 5) is 16.1. The van der Waals surface area contributed by atoms with E-state index in [4.69, 9.17) is 4.74 Å².